The van der Waals surface area contributed by atoms with E-state index in [1.54, 1.807) is 17.5 Å². The second-order valence-electron chi connectivity index (χ2n) is 4.70. The molecule has 2 N–H and O–H groups in total. The standard InChI is InChI=1S/C14H18N6S/c1-3-15-14-18-12(11-9-10(2)21-13(11)19-14)16-6-8-20-7-4-5-17-20/h4-5,7,9H,3,6,8H2,1-2H3,(H2,15,16,18,19). The molecule has 0 saturated heterocycles. The van der Waals surface area contributed by atoms with Crippen molar-refractivity contribution >= 4 is 33.3 Å². The average molecular weight is 302 g/mol. The van der Waals surface area contributed by atoms with Crippen molar-refractivity contribution in [1.82, 2.24) is 19.7 Å². The Kier molecular flexibility index (Phi) is 4.01. The van der Waals surface area contributed by atoms with E-state index in [9.17, 15) is 0 Å². The number of nitrogens with zero attached hydrogens (tertiary/aromatic N) is 4. The van der Waals surface area contributed by atoms with Crippen LogP contribution in [0.25, 0.3) is 10.2 Å². The average Bonchev–Trinajstić information content (AvgIpc) is 3.07. The fraction of sp³-hybridized carbons (Fsp3) is 0.357. The highest BCUT2D eigenvalue weighted by Crippen LogP contribution is 2.29. The third-order valence-electron chi connectivity index (χ3n) is 3.04. The summed E-state index contributed by atoms with van der Waals surface area (Å²) in [6, 6.07) is 4.06. The Morgan fingerprint density at radius 2 is 2.19 bits per heavy atom. The fourth-order valence-electron chi connectivity index (χ4n) is 2.14. The summed E-state index contributed by atoms with van der Waals surface area (Å²) in [5.41, 5.74) is 0. The smallest absolute Gasteiger partial charge is 0.226 e. The van der Waals surface area contributed by atoms with Gasteiger partial charge in [-0.3, -0.25) is 4.68 Å². The molecule has 6 nitrogen and oxygen atoms in total. The monoisotopic (exact) mass is 302 g/mol. The van der Waals surface area contributed by atoms with E-state index in [1.165, 1.54) is 4.88 Å². The van der Waals surface area contributed by atoms with Crippen LogP contribution in [-0.2, 0) is 6.54 Å². The minimum atomic E-state index is 0.674. The topological polar surface area (TPSA) is 67.7 Å². The predicted octanol–water partition coefficient (Wildman–Crippen LogP) is 2.74. The zero-order valence-electron chi connectivity index (χ0n) is 12.1. The van der Waals surface area contributed by atoms with Crippen LogP contribution in [0.15, 0.2) is 24.5 Å². The van der Waals surface area contributed by atoms with Crippen molar-refractivity contribution in [1.29, 1.82) is 0 Å². The Balaban J connectivity index is 1.81. The molecule has 3 rings (SSSR count). The first-order chi connectivity index (χ1) is 10.3. The molecule has 0 aliphatic heterocycles. The van der Waals surface area contributed by atoms with Gasteiger partial charge in [-0.05, 0) is 26.0 Å². The van der Waals surface area contributed by atoms with E-state index in [2.05, 4.69) is 38.7 Å². The maximum absolute atomic E-state index is 4.57. The number of thiophene rings is 1. The molecule has 7 heteroatoms. The molecule has 0 saturated carbocycles. The van der Waals surface area contributed by atoms with E-state index >= 15 is 0 Å². The van der Waals surface area contributed by atoms with Gasteiger partial charge in [0, 0.05) is 30.4 Å². The summed E-state index contributed by atoms with van der Waals surface area (Å²) in [5.74, 6) is 1.56. The summed E-state index contributed by atoms with van der Waals surface area (Å²) in [4.78, 5) is 11.4. The Bertz CT molecular complexity index is 718. The van der Waals surface area contributed by atoms with Crippen molar-refractivity contribution in [3.63, 3.8) is 0 Å². The Morgan fingerprint density at radius 3 is 2.95 bits per heavy atom. The molecule has 21 heavy (non-hydrogen) atoms. The van der Waals surface area contributed by atoms with Crippen molar-refractivity contribution < 1.29 is 0 Å². The van der Waals surface area contributed by atoms with Crippen LogP contribution in [-0.4, -0.2) is 32.8 Å². The van der Waals surface area contributed by atoms with Crippen LogP contribution in [0.4, 0.5) is 11.8 Å². The number of aromatic nitrogens is 4. The molecule has 3 heterocycles. The third kappa shape index (κ3) is 3.13. The Hall–Kier alpha value is -2.15. The van der Waals surface area contributed by atoms with Gasteiger partial charge in [0.1, 0.15) is 10.6 Å². The molecule has 0 aromatic carbocycles. The molecule has 0 aliphatic rings. The molecule has 0 spiro atoms. The summed E-state index contributed by atoms with van der Waals surface area (Å²) in [6.07, 6.45) is 3.74. The molecule has 3 aromatic rings. The molecule has 110 valence electrons. The number of rotatable bonds is 6. The van der Waals surface area contributed by atoms with Crippen molar-refractivity contribution in [3.8, 4) is 0 Å². The van der Waals surface area contributed by atoms with Crippen molar-refractivity contribution in [2.75, 3.05) is 23.7 Å². The maximum Gasteiger partial charge on any atom is 0.226 e. The molecule has 0 atom stereocenters. The van der Waals surface area contributed by atoms with Crippen LogP contribution in [0.3, 0.4) is 0 Å². The Morgan fingerprint density at radius 1 is 1.29 bits per heavy atom. The number of anilines is 2. The highest BCUT2D eigenvalue weighted by molar-refractivity contribution is 7.18. The van der Waals surface area contributed by atoms with Crippen molar-refractivity contribution in [3.05, 3.63) is 29.4 Å². The van der Waals surface area contributed by atoms with Crippen LogP contribution in [0, 0.1) is 6.92 Å². The quantitative estimate of drug-likeness (QED) is 0.733. The number of hydrogen-bond acceptors (Lipinski definition) is 6. The molecular formula is C14H18N6S. The summed E-state index contributed by atoms with van der Waals surface area (Å²) in [6.45, 7) is 6.51. The highest BCUT2D eigenvalue weighted by atomic mass is 32.1. The van der Waals surface area contributed by atoms with Crippen LogP contribution >= 0.6 is 11.3 Å². The molecule has 0 aliphatic carbocycles. The lowest BCUT2D eigenvalue weighted by Crippen LogP contribution is -2.13. The van der Waals surface area contributed by atoms with Crippen molar-refractivity contribution in [2.45, 2.75) is 20.4 Å². The lowest BCUT2D eigenvalue weighted by Gasteiger charge is -2.09. The molecular weight excluding hydrogens is 284 g/mol. The largest absolute Gasteiger partial charge is 0.368 e. The van der Waals surface area contributed by atoms with Crippen LogP contribution in [0.2, 0.25) is 0 Å². The van der Waals surface area contributed by atoms with Gasteiger partial charge in [-0.1, -0.05) is 0 Å². The number of fused-ring (bicyclic) bond motifs is 1. The maximum atomic E-state index is 4.57. The minimum Gasteiger partial charge on any atom is -0.368 e. The summed E-state index contributed by atoms with van der Waals surface area (Å²) in [7, 11) is 0. The van der Waals surface area contributed by atoms with Gasteiger partial charge in [-0.2, -0.15) is 10.1 Å². The van der Waals surface area contributed by atoms with E-state index in [0.29, 0.717) is 5.95 Å². The van der Waals surface area contributed by atoms with Gasteiger partial charge >= 0.3 is 0 Å². The lowest BCUT2D eigenvalue weighted by molar-refractivity contribution is 0.637. The van der Waals surface area contributed by atoms with Gasteiger partial charge < -0.3 is 10.6 Å². The van der Waals surface area contributed by atoms with Gasteiger partial charge in [-0.15, -0.1) is 11.3 Å². The number of aryl methyl sites for hydroxylation is 1. The first-order valence-corrected chi connectivity index (χ1v) is 7.81. The SMILES string of the molecule is CCNc1nc(NCCn2cccn2)c2cc(C)sc2n1. The van der Waals surface area contributed by atoms with Gasteiger partial charge in [0.15, 0.2) is 0 Å². The molecule has 0 amide bonds. The fourth-order valence-corrected chi connectivity index (χ4v) is 3.01. The summed E-state index contributed by atoms with van der Waals surface area (Å²) < 4.78 is 1.90. The van der Waals surface area contributed by atoms with E-state index in [0.717, 1.165) is 35.7 Å². The van der Waals surface area contributed by atoms with E-state index in [1.807, 2.05) is 23.9 Å². The van der Waals surface area contributed by atoms with Gasteiger partial charge in [0.05, 0.1) is 11.9 Å². The summed E-state index contributed by atoms with van der Waals surface area (Å²) in [5, 5.41) is 11.9. The third-order valence-corrected chi connectivity index (χ3v) is 3.99. The first kappa shape index (κ1) is 13.8. The van der Waals surface area contributed by atoms with Crippen LogP contribution in [0.5, 0.6) is 0 Å². The van der Waals surface area contributed by atoms with Gasteiger partial charge in [0.25, 0.3) is 0 Å². The number of nitrogens with one attached hydrogen (secondary N) is 2. The Labute approximate surface area is 127 Å². The van der Waals surface area contributed by atoms with E-state index in [-0.39, 0.29) is 0 Å². The van der Waals surface area contributed by atoms with Gasteiger partial charge in [0.2, 0.25) is 5.95 Å². The highest BCUT2D eigenvalue weighted by Gasteiger charge is 2.10. The van der Waals surface area contributed by atoms with Crippen LogP contribution < -0.4 is 10.6 Å². The minimum absolute atomic E-state index is 0.674. The molecule has 0 bridgehead atoms. The second-order valence-corrected chi connectivity index (χ2v) is 5.93. The number of hydrogen-bond donors (Lipinski definition) is 2. The molecule has 0 radical (unpaired) electrons. The lowest BCUT2D eigenvalue weighted by atomic mass is 10.3. The first-order valence-electron chi connectivity index (χ1n) is 6.99. The van der Waals surface area contributed by atoms with E-state index in [4.69, 9.17) is 0 Å². The van der Waals surface area contributed by atoms with Crippen molar-refractivity contribution in [2.24, 2.45) is 0 Å². The van der Waals surface area contributed by atoms with Crippen LogP contribution in [0.1, 0.15) is 11.8 Å². The predicted molar refractivity (Wildman–Crippen MR) is 87.0 cm³/mol. The zero-order valence-corrected chi connectivity index (χ0v) is 12.9. The second kappa shape index (κ2) is 6.09. The summed E-state index contributed by atoms with van der Waals surface area (Å²) >= 11 is 1.69. The molecule has 0 unspecified atom stereocenters. The van der Waals surface area contributed by atoms with E-state index < -0.39 is 0 Å². The molecule has 3 aromatic heterocycles. The molecule has 0 fully saturated rings. The normalized spacial score (nSPS) is 11.0. The van der Waals surface area contributed by atoms with Gasteiger partial charge in [-0.25, -0.2) is 4.98 Å². The zero-order chi connectivity index (χ0) is 14.7.